The van der Waals surface area contributed by atoms with Gasteiger partial charge < -0.3 is 9.84 Å². The predicted octanol–water partition coefficient (Wildman–Crippen LogP) is 2.25. The number of aromatic carboxylic acids is 1. The van der Waals surface area contributed by atoms with Gasteiger partial charge in [0.25, 0.3) is 0 Å². The summed E-state index contributed by atoms with van der Waals surface area (Å²) in [6.07, 6.45) is 1.33. The summed E-state index contributed by atoms with van der Waals surface area (Å²) in [6.45, 7) is 5.80. The van der Waals surface area contributed by atoms with Crippen LogP contribution in [0.5, 0.6) is 5.75 Å². The molecule has 0 atom stereocenters. The van der Waals surface area contributed by atoms with E-state index in [1.807, 2.05) is 13.8 Å². The fourth-order valence-electron chi connectivity index (χ4n) is 1.87. The van der Waals surface area contributed by atoms with Crippen LogP contribution >= 0.6 is 0 Å². The summed E-state index contributed by atoms with van der Waals surface area (Å²) >= 11 is 0. The third-order valence-electron chi connectivity index (χ3n) is 3.10. The molecule has 7 heteroatoms. The normalized spacial score (nSPS) is 11.6. The van der Waals surface area contributed by atoms with Crippen molar-refractivity contribution in [3.8, 4) is 5.75 Å². The van der Waals surface area contributed by atoms with Gasteiger partial charge in [-0.2, -0.15) is 0 Å². The fourth-order valence-corrected chi connectivity index (χ4v) is 3.30. The second-order valence-corrected chi connectivity index (χ2v) is 6.24. The van der Waals surface area contributed by atoms with Crippen LogP contribution in [0.3, 0.4) is 0 Å². The highest BCUT2D eigenvalue weighted by molar-refractivity contribution is 7.89. The zero-order valence-electron chi connectivity index (χ0n) is 12.4. The van der Waals surface area contributed by atoms with Gasteiger partial charge in [-0.25, -0.2) is 17.9 Å². The average Bonchev–Trinajstić information content (AvgIpc) is 2.45. The number of benzene rings is 1. The lowest BCUT2D eigenvalue weighted by Gasteiger charge is -2.16. The van der Waals surface area contributed by atoms with Gasteiger partial charge in [0.15, 0.2) is 0 Å². The van der Waals surface area contributed by atoms with Crippen LogP contribution in [0.2, 0.25) is 0 Å². The minimum atomic E-state index is -3.74. The third kappa shape index (κ3) is 4.44. The van der Waals surface area contributed by atoms with Crippen LogP contribution in [0.1, 0.15) is 44.0 Å². The standard InChI is InChI=1S/C14H21NO5S/c1-4-10(5-2)15-21(18,19)11-7-8-13(20-6-3)12(9-11)14(16)17/h7-10,15H,4-6H2,1-3H3,(H,16,17). The molecule has 1 aromatic rings. The van der Waals surface area contributed by atoms with Crippen molar-refractivity contribution in [3.63, 3.8) is 0 Å². The Morgan fingerprint density at radius 2 is 1.90 bits per heavy atom. The summed E-state index contributed by atoms with van der Waals surface area (Å²) < 4.78 is 32.3. The Morgan fingerprint density at radius 1 is 1.29 bits per heavy atom. The lowest BCUT2D eigenvalue weighted by atomic mass is 10.2. The fraction of sp³-hybridized carbons (Fsp3) is 0.500. The first kappa shape index (κ1) is 17.5. The van der Waals surface area contributed by atoms with Crippen molar-refractivity contribution in [2.45, 2.75) is 44.6 Å². The molecule has 1 rings (SSSR count). The molecule has 0 radical (unpaired) electrons. The second-order valence-electron chi connectivity index (χ2n) is 4.53. The Hall–Kier alpha value is -1.60. The minimum absolute atomic E-state index is 0.0738. The van der Waals surface area contributed by atoms with Crippen molar-refractivity contribution < 1.29 is 23.1 Å². The molecule has 0 bridgehead atoms. The number of ether oxygens (including phenoxy) is 1. The van der Waals surface area contributed by atoms with E-state index in [-0.39, 0.29) is 22.3 Å². The molecule has 0 aliphatic heterocycles. The van der Waals surface area contributed by atoms with Crippen LogP contribution in [-0.2, 0) is 10.0 Å². The SMILES string of the molecule is CCOc1ccc(S(=O)(=O)NC(CC)CC)cc1C(=O)O. The van der Waals surface area contributed by atoms with Gasteiger partial charge in [0.1, 0.15) is 11.3 Å². The summed E-state index contributed by atoms with van der Waals surface area (Å²) in [5.74, 6) is -1.07. The zero-order valence-corrected chi connectivity index (χ0v) is 13.2. The minimum Gasteiger partial charge on any atom is -0.493 e. The van der Waals surface area contributed by atoms with Crippen molar-refractivity contribution in [2.75, 3.05) is 6.61 Å². The molecule has 118 valence electrons. The number of carboxylic acids is 1. The highest BCUT2D eigenvalue weighted by atomic mass is 32.2. The lowest BCUT2D eigenvalue weighted by Crippen LogP contribution is -2.33. The van der Waals surface area contributed by atoms with E-state index in [1.165, 1.54) is 12.1 Å². The Balaban J connectivity index is 3.19. The molecule has 0 saturated carbocycles. The summed E-state index contributed by atoms with van der Waals surface area (Å²) in [6, 6.07) is 3.67. The van der Waals surface area contributed by atoms with E-state index >= 15 is 0 Å². The van der Waals surface area contributed by atoms with Crippen LogP contribution in [0.4, 0.5) is 0 Å². The first-order valence-electron chi connectivity index (χ1n) is 6.88. The second kappa shape index (κ2) is 7.42. The molecule has 0 fully saturated rings. The molecule has 21 heavy (non-hydrogen) atoms. The number of rotatable bonds is 8. The highest BCUT2D eigenvalue weighted by Gasteiger charge is 2.21. The molecule has 0 amide bonds. The van der Waals surface area contributed by atoms with Crippen molar-refractivity contribution in [1.82, 2.24) is 4.72 Å². The number of carboxylic acid groups (broad SMARTS) is 1. The maximum atomic E-state index is 12.3. The summed E-state index contributed by atoms with van der Waals surface area (Å²) in [7, 11) is -3.74. The smallest absolute Gasteiger partial charge is 0.339 e. The Labute approximate surface area is 125 Å². The molecule has 0 unspecified atom stereocenters. The van der Waals surface area contributed by atoms with Crippen LogP contribution < -0.4 is 9.46 Å². The van der Waals surface area contributed by atoms with Crippen LogP contribution in [-0.4, -0.2) is 32.1 Å². The quantitative estimate of drug-likeness (QED) is 0.767. The monoisotopic (exact) mass is 315 g/mol. The zero-order chi connectivity index (χ0) is 16.0. The van der Waals surface area contributed by atoms with E-state index < -0.39 is 16.0 Å². The van der Waals surface area contributed by atoms with Crippen LogP contribution in [0.15, 0.2) is 23.1 Å². The number of sulfonamides is 1. The van der Waals surface area contributed by atoms with E-state index in [2.05, 4.69) is 4.72 Å². The van der Waals surface area contributed by atoms with E-state index in [4.69, 9.17) is 9.84 Å². The van der Waals surface area contributed by atoms with Crippen molar-refractivity contribution in [3.05, 3.63) is 23.8 Å². The van der Waals surface area contributed by atoms with Gasteiger partial charge in [-0.15, -0.1) is 0 Å². The van der Waals surface area contributed by atoms with Gasteiger partial charge in [0.2, 0.25) is 10.0 Å². The summed E-state index contributed by atoms with van der Waals surface area (Å²) in [5.41, 5.74) is -0.163. The van der Waals surface area contributed by atoms with E-state index in [1.54, 1.807) is 6.92 Å². The largest absolute Gasteiger partial charge is 0.493 e. The molecule has 0 spiro atoms. The molecule has 0 aliphatic rings. The molecule has 1 aromatic carbocycles. The van der Waals surface area contributed by atoms with Crippen molar-refractivity contribution in [1.29, 1.82) is 0 Å². The highest BCUT2D eigenvalue weighted by Crippen LogP contribution is 2.23. The van der Waals surface area contributed by atoms with E-state index in [9.17, 15) is 13.2 Å². The number of hydrogen-bond donors (Lipinski definition) is 2. The van der Waals surface area contributed by atoms with Crippen molar-refractivity contribution >= 4 is 16.0 Å². The van der Waals surface area contributed by atoms with E-state index in [0.717, 1.165) is 6.07 Å². The molecular formula is C14H21NO5S. The van der Waals surface area contributed by atoms with Crippen LogP contribution in [0, 0.1) is 0 Å². The topological polar surface area (TPSA) is 92.7 Å². The first-order valence-corrected chi connectivity index (χ1v) is 8.36. The first-order chi connectivity index (χ1) is 9.85. The summed E-state index contributed by atoms with van der Waals surface area (Å²) in [5, 5.41) is 9.16. The number of nitrogens with one attached hydrogen (secondary N) is 1. The molecule has 6 nitrogen and oxygen atoms in total. The maximum absolute atomic E-state index is 12.3. The van der Waals surface area contributed by atoms with E-state index in [0.29, 0.717) is 19.4 Å². The molecule has 0 saturated heterocycles. The Kier molecular flexibility index (Phi) is 6.17. The Morgan fingerprint density at radius 3 is 2.38 bits per heavy atom. The van der Waals surface area contributed by atoms with Crippen molar-refractivity contribution in [2.24, 2.45) is 0 Å². The van der Waals surface area contributed by atoms with Gasteiger partial charge in [-0.05, 0) is 38.0 Å². The molecule has 0 heterocycles. The van der Waals surface area contributed by atoms with Gasteiger partial charge in [-0.1, -0.05) is 13.8 Å². The number of hydrogen-bond acceptors (Lipinski definition) is 4. The van der Waals surface area contributed by atoms with Gasteiger partial charge in [0, 0.05) is 6.04 Å². The molecule has 0 aromatic heterocycles. The average molecular weight is 315 g/mol. The third-order valence-corrected chi connectivity index (χ3v) is 4.62. The lowest BCUT2D eigenvalue weighted by molar-refractivity contribution is 0.0692. The maximum Gasteiger partial charge on any atom is 0.339 e. The molecular weight excluding hydrogens is 294 g/mol. The van der Waals surface area contributed by atoms with Gasteiger partial charge in [-0.3, -0.25) is 0 Å². The van der Waals surface area contributed by atoms with Gasteiger partial charge >= 0.3 is 5.97 Å². The molecule has 0 aliphatic carbocycles. The number of carbonyl (C=O) groups is 1. The summed E-state index contributed by atoms with van der Waals surface area (Å²) in [4.78, 5) is 11.1. The predicted molar refractivity (Wildman–Crippen MR) is 79.3 cm³/mol. The van der Waals surface area contributed by atoms with Gasteiger partial charge in [0.05, 0.1) is 11.5 Å². The Bertz CT molecular complexity index is 593. The molecule has 2 N–H and O–H groups in total. The van der Waals surface area contributed by atoms with Crippen LogP contribution in [0.25, 0.3) is 0 Å².